The molecule has 1 aromatic heterocycles. The van der Waals surface area contributed by atoms with Gasteiger partial charge in [0.05, 0.1) is 6.42 Å². The van der Waals surface area contributed by atoms with Crippen molar-refractivity contribution in [3.8, 4) is 0 Å². The number of hydrogen-bond donors (Lipinski definition) is 1. The summed E-state index contributed by atoms with van der Waals surface area (Å²) in [6.07, 6.45) is 2.67. The summed E-state index contributed by atoms with van der Waals surface area (Å²) in [5.74, 6) is -0.757. The summed E-state index contributed by atoms with van der Waals surface area (Å²) in [6.45, 7) is 5.88. The summed E-state index contributed by atoms with van der Waals surface area (Å²) in [5.41, 5.74) is 1.83. The molecule has 0 radical (unpaired) electrons. The number of carboxylic acid groups (broad SMARTS) is 1. The van der Waals surface area contributed by atoms with Crippen LogP contribution in [0.2, 0.25) is 0 Å². The normalized spacial score (nSPS) is 11.4. The van der Waals surface area contributed by atoms with Gasteiger partial charge in [-0.3, -0.25) is 9.78 Å². The van der Waals surface area contributed by atoms with Gasteiger partial charge in [0, 0.05) is 11.9 Å². The number of aromatic nitrogens is 1. The zero-order valence-electron chi connectivity index (χ0n) is 9.45. The molecule has 0 saturated carbocycles. The van der Waals surface area contributed by atoms with Gasteiger partial charge in [0.25, 0.3) is 0 Å². The molecule has 0 saturated heterocycles. The average molecular weight is 207 g/mol. The number of rotatable bonds is 4. The summed E-state index contributed by atoms with van der Waals surface area (Å²) < 4.78 is 0. The molecule has 0 aliphatic carbocycles. The molecule has 0 atom stereocenters. The van der Waals surface area contributed by atoms with Crippen molar-refractivity contribution < 1.29 is 9.90 Å². The SMILES string of the molecule is Cc1ccc(CC(C)(C)CC(=O)O)nc1. The first kappa shape index (κ1) is 11.7. The maximum Gasteiger partial charge on any atom is 0.303 e. The van der Waals surface area contributed by atoms with Crippen LogP contribution in [0.15, 0.2) is 18.3 Å². The largest absolute Gasteiger partial charge is 0.481 e. The minimum absolute atomic E-state index is 0.169. The molecule has 0 aliphatic heterocycles. The highest BCUT2D eigenvalue weighted by molar-refractivity contribution is 5.67. The molecular weight excluding hydrogens is 190 g/mol. The smallest absolute Gasteiger partial charge is 0.303 e. The van der Waals surface area contributed by atoms with E-state index in [0.29, 0.717) is 6.42 Å². The first-order valence-electron chi connectivity index (χ1n) is 5.02. The Labute approximate surface area is 90.2 Å². The Morgan fingerprint density at radius 3 is 2.60 bits per heavy atom. The van der Waals surface area contributed by atoms with E-state index < -0.39 is 5.97 Å². The van der Waals surface area contributed by atoms with Gasteiger partial charge in [-0.15, -0.1) is 0 Å². The third kappa shape index (κ3) is 4.11. The van der Waals surface area contributed by atoms with Crippen LogP contribution in [-0.4, -0.2) is 16.1 Å². The van der Waals surface area contributed by atoms with Gasteiger partial charge in [0.2, 0.25) is 0 Å². The molecular formula is C12H17NO2. The minimum Gasteiger partial charge on any atom is -0.481 e. The van der Waals surface area contributed by atoms with Gasteiger partial charge in [-0.2, -0.15) is 0 Å². The Morgan fingerprint density at radius 1 is 1.47 bits per heavy atom. The molecule has 0 spiro atoms. The van der Waals surface area contributed by atoms with E-state index in [1.807, 2.05) is 39.1 Å². The molecule has 82 valence electrons. The number of carbonyl (C=O) groups is 1. The van der Waals surface area contributed by atoms with Gasteiger partial charge in [0.1, 0.15) is 0 Å². The molecule has 3 heteroatoms. The van der Waals surface area contributed by atoms with Crippen molar-refractivity contribution in [2.75, 3.05) is 0 Å². The van der Waals surface area contributed by atoms with Crippen LogP contribution in [0.5, 0.6) is 0 Å². The molecule has 0 fully saturated rings. The maximum absolute atomic E-state index is 10.6. The van der Waals surface area contributed by atoms with Crippen molar-refractivity contribution in [3.63, 3.8) is 0 Å². The van der Waals surface area contributed by atoms with Crippen LogP contribution in [0, 0.1) is 12.3 Å². The molecule has 0 unspecified atom stereocenters. The zero-order chi connectivity index (χ0) is 11.5. The Kier molecular flexibility index (Phi) is 3.45. The summed E-state index contributed by atoms with van der Waals surface area (Å²) >= 11 is 0. The summed E-state index contributed by atoms with van der Waals surface area (Å²) in [5, 5.41) is 8.75. The number of hydrogen-bond acceptors (Lipinski definition) is 2. The summed E-state index contributed by atoms with van der Waals surface area (Å²) in [4.78, 5) is 14.9. The first-order valence-corrected chi connectivity index (χ1v) is 5.02. The second-order valence-electron chi connectivity index (χ2n) is 4.74. The summed E-state index contributed by atoms with van der Waals surface area (Å²) in [6, 6.07) is 3.96. The van der Waals surface area contributed by atoms with Crippen molar-refractivity contribution in [3.05, 3.63) is 29.6 Å². The number of aryl methyl sites for hydroxylation is 1. The second-order valence-corrected chi connectivity index (χ2v) is 4.74. The van der Waals surface area contributed by atoms with Crippen LogP contribution in [0.3, 0.4) is 0 Å². The fourth-order valence-corrected chi connectivity index (χ4v) is 1.57. The molecule has 0 amide bonds. The Morgan fingerprint density at radius 2 is 2.13 bits per heavy atom. The molecule has 3 nitrogen and oxygen atoms in total. The van der Waals surface area contributed by atoms with E-state index >= 15 is 0 Å². The highest BCUT2D eigenvalue weighted by atomic mass is 16.4. The molecule has 0 aromatic carbocycles. The first-order chi connectivity index (χ1) is 6.89. The topological polar surface area (TPSA) is 50.2 Å². The molecule has 0 bridgehead atoms. The molecule has 0 aliphatic rings. The molecule has 15 heavy (non-hydrogen) atoms. The summed E-state index contributed by atoms with van der Waals surface area (Å²) in [7, 11) is 0. The van der Waals surface area contributed by atoms with Crippen LogP contribution < -0.4 is 0 Å². The quantitative estimate of drug-likeness (QED) is 0.825. The lowest BCUT2D eigenvalue weighted by atomic mass is 9.84. The lowest BCUT2D eigenvalue weighted by Crippen LogP contribution is -2.20. The predicted molar refractivity (Wildman–Crippen MR) is 58.7 cm³/mol. The van der Waals surface area contributed by atoms with Crippen molar-refractivity contribution >= 4 is 5.97 Å². The Bertz CT molecular complexity index is 341. The molecule has 1 N–H and O–H groups in total. The zero-order valence-corrected chi connectivity index (χ0v) is 9.45. The van der Waals surface area contributed by atoms with Gasteiger partial charge < -0.3 is 5.11 Å². The highest BCUT2D eigenvalue weighted by Crippen LogP contribution is 2.24. The maximum atomic E-state index is 10.6. The number of aliphatic carboxylic acids is 1. The highest BCUT2D eigenvalue weighted by Gasteiger charge is 2.22. The Hall–Kier alpha value is -1.38. The Balaban J connectivity index is 2.68. The third-order valence-corrected chi connectivity index (χ3v) is 2.26. The number of carboxylic acids is 1. The molecule has 1 rings (SSSR count). The fourth-order valence-electron chi connectivity index (χ4n) is 1.57. The fraction of sp³-hybridized carbons (Fsp3) is 0.500. The van der Waals surface area contributed by atoms with Gasteiger partial charge in [-0.1, -0.05) is 19.9 Å². The van der Waals surface area contributed by atoms with E-state index in [-0.39, 0.29) is 11.8 Å². The van der Waals surface area contributed by atoms with Crippen LogP contribution in [0.25, 0.3) is 0 Å². The van der Waals surface area contributed by atoms with E-state index in [9.17, 15) is 4.79 Å². The monoisotopic (exact) mass is 207 g/mol. The molecule has 1 aromatic rings. The minimum atomic E-state index is -0.757. The molecule has 1 heterocycles. The van der Waals surface area contributed by atoms with Gasteiger partial charge >= 0.3 is 5.97 Å². The van der Waals surface area contributed by atoms with Crippen LogP contribution in [-0.2, 0) is 11.2 Å². The van der Waals surface area contributed by atoms with E-state index in [2.05, 4.69) is 4.98 Å². The van der Waals surface area contributed by atoms with Crippen molar-refractivity contribution in [1.29, 1.82) is 0 Å². The van der Waals surface area contributed by atoms with Gasteiger partial charge in [-0.05, 0) is 30.4 Å². The standard InChI is InChI=1S/C12H17NO2/c1-9-4-5-10(13-8-9)6-12(2,3)7-11(14)15/h4-5,8H,6-7H2,1-3H3,(H,14,15). The van der Waals surface area contributed by atoms with Crippen molar-refractivity contribution in [2.45, 2.75) is 33.6 Å². The van der Waals surface area contributed by atoms with E-state index in [0.717, 1.165) is 11.3 Å². The number of nitrogens with zero attached hydrogens (tertiary/aromatic N) is 1. The third-order valence-electron chi connectivity index (χ3n) is 2.26. The van der Waals surface area contributed by atoms with Crippen LogP contribution in [0.1, 0.15) is 31.5 Å². The van der Waals surface area contributed by atoms with Gasteiger partial charge in [-0.25, -0.2) is 0 Å². The van der Waals surface area contributed by atoms with Gasteiger partial charge in [0.15, 0.2) is 0 Å². The van der Waals surface area contributed by atoms with E-state index in [4.69, 9.17) is 5.11 Å². The van der Waals surface area contributed by atoms with Crippen LogP contribution >= 0.6 is 0 Å². The predicted octanol–water partition coefficient (Wildman–Crippen LogP) is 2.43. The van der Waals surface area contributed by atoms with Crippen molar-refractivity contribution in [2.24, 2.45) is 5.41 Å². The van der Waals surface area contributed by atoms with E-state index in [1.54, 1.807) is 0 Å². The lowest BCUT2D eigenvalue weighted by molar-refractivity contribution is -0.139. The van der Waals surface area contributed by atoms with E-state index in [1.165, 1.54) is 0 Å². The number of pyridine rings is 1. The van der Waals surface area contributed by atoms with Crippen LogP contribution in [0.4, 0.5) is 0 Å². The lowest BCUT2D eigenvalue weighted by Gasteiger charge is -2.21. The van der Waals surface area contributed by atoms with Crippen molar-refractivity contribution in [1.82, 2.24) is 4.98 Å². The average Bonchev–Trinajstić information content (AvgIpc) is 2.06. The second kappa shape index (κ2) is 4.43.